The van der Waals surface area contributed by atoms with Crippen LogP contribution in [0.3, 0.4) is 0 Å². The van der Waals surface area contributed by atoms with Crippen molar-refractivity contribution in [3.05, 3.63) is 140 Å². The van der Waals surface area contributed by atoms with E-state index in [1.54, 1.807) is 33.7 Å². The number of para-hydroxylation sites is 1. The summed E-state index contributed by atoms with van der Waals surface area (Å²) in [6.07, 6.45) is 9.69. The van der Waals surface area contributed by atoms with Gasteiger partial charge in [-0.2, -0.15) is 6.07 Å². The van der Waals surface area contributed by atoms with Gasteiger partial charge in [0.1, 0.15) is 5.82 Å². The summed E-state index contributed by atoms with van der Waals surface area (Å²) in [5.41, 5.74) is 5.45. The maximum atomic E-state index is 8.46. The van der Waals surface area contributed by atoms with Crippen LogP contribution in [-0.2, 0) is 21.1 Å². The number of rotatable bonds is 5. The van der Waals surface area contributed by atoms with Crippen molar-refractivity contribution in [2.45, 2.75) is 6.92 Å². The first-order chi connectivity index (χ1) is 23.8. The van der Waals surface area contributed by atoms with Gasteiger partial charge in [-0.15, -0.1) is 35.7 Å². The van der Waals surface area contributed by atoms with Crippen molar-refractivity contribution in [2.75, 3.05) is 0 Å². The van der Waals surface area contributed by atoms with Crippen LogP contribution in [0.15, 0.2) is 125 Å². The second-order valence-corrected chi connectivity index (χ2v) is 10.3. The Balaban J connectivity index is 0.00000361. The molecule has 0 amide bonds. The molecule has 0 aliphatic heterocycles. The Bertz CT molecular complexity index is 2770. The van der Waals surface area contributed by atoms with Crippen LogP contribution in [0.4, 0.5) is 0 Å². The summed E-state index contributed by atoms with van der Waals surface area (Å²) in [6, 6.07) is 24.3. The number of oxazole rings is 2. The fraction of sp³-hybridized carbons (Fsp3) is 0.0270. The zero-order valence-electron chi connectivity index (χ0n) is 28.4. The molecule has 0 unspecified atom stereocenters. The van der Waals surface area contributed by atoms with Gasteiger partial charge in [0.25, 0.3) is 17.8 Å². The molecular formula is C37H22N4O3Pt-2. The van der Waals surface area contributed by atoms with Crippen LogP contribution in [0.2, 0.25) is 0 Å². The van der Waals surface area contributed by atoms with Crippen molar-refractivity contribution in [3.8, 4) is 39.7 Å². The fourth-order valence-electron chi connectivity index (χ4n) is 5.63. The Morgan fingerprint density at radius 1 is 0.933 bits per heavy atom. The molecule has 8 heteroatoms. The number of aryl methyl sites for hydroxylation is 1. The SMILES string of the molecule is [2H]c1c([2H])c([2H])c(-c2cnc(-n3c4[c-]c(Oc5[c-]c(-c6coc7c8occ[n+]8[c-]n67)ccc5)ccc4c4ccccc43)cc2C)c([2H])c1[2H].[Pt]. The average molecular weight is 771 g/mol. The molecule has 7 nitrogen and oxygen atoms in total. The third-order valence-corrected chi connectivity index (χ3v) is 7.64. The molecule has 220 valence electrons. The minimum Gasteiger partial charge on any atom is -0.503 e. The van der Waals surface area contributed by atoms with Gasteiger partial charge < -0.3 is 18.1 Å². The van der Waals surface area contributed by atoms with Crippen molar-refractivity contribution in [3.63, 3.8) is 0 Å². The molecule has 5 heterocycles. The molecule has 0 N–H and O–H groups in total. The summed E-state index contributed by atoms with van der Waals surface area (Å²) in [5.74, 6) is 1.53. The Kier molecular flexibility index (Phi) is 5.25. The van der Waals surface area contributed by atoms with E-state index in [1.165, 1.54) is 0 Å². The van der Waals surface area contributed by atoms with Crippen molar-refractivity contribution < 1.29 is 45.9 Å². The van der Waals surface area contributed by atoms with E-state index in [2.05, 4.69) is 18.5 Å². The molecule has 0 radical (unpaired) electrons. The number of fused-ring (bicyclic) bond motifs is 6. The largest absolute Gasteiger partial charge is 0.503 e. The van der Waals surface area contributed by atoms with E-state index in [0.29, 0.717) is 39.9 Å². The van der Waals surface area contributed by atoms with Crippen LogP contribution in [0.5, 0.6) is 11.5 Å². The molecule has 5 aromatic heterocycles. The predicted octanol–water partition coefficient (Wildman–Crippen LogP) is 8.19. The van der Waals surface area contributed by atoms with Gasteiger partial charge in [0.15, 0.2) is 0 Å². The molecule has 45 heavy (non-hydrogen) atoms. The van der Waals surface area contributed by atoms with Gasteiger partial charge >= 0.3 is 0 Å². The van der Waals surface area contributed by atoms with E-state index in [0.717, 1.165) is 33.1 Å². The minimum atomic E-state index is -0.433. The van der Waals surface area contributed by atoms with Gasteiger partial charge in [0.2, 0.25) is 0 Å². The zero-order valence-corrected chi connectivity index (χ0v) is 25.7. The molecule has 9 aromatic rings. The first-order valence-corrected chi connectivity index (χ1v) is 13.8. The number of pyridine rings is 1. The number of ether oxygens (including phenoxy) is 1. The van der Waals surface area contributed by atoms with Crippen molar-refractivity contribution in [1.82, 2.24) is 14.0 Å². The maximum Gasteiger partial charge on any atom is 0.279 e. The third kappa shape index (κ3) is 4.39. The van der Waals surface area contributed by atoms with Gasteiger partial charge in [-0.1, -0.05) is 65.6 Å². The molecule has 0 saturated carbocycles. The molecule has 9 rings (SSSR count). The number of benzene rings is 4. The number of imidazole rings is 1. The van der Waals surface area contributed by atoms with E-state index >= 15 is 0 Å². The smallest absolute Gasteiger partial charge is 0.279 e. The molecule has 0 bridgehead atoms. The zero-order chi connectivity index (χ0) is 33.6. The summed E-state index contributed by atoms with van der Waals surface area (Å²) in [7, 11) is 0. The summed E-state index contributed by atoms with van der Waals surface area (Å²) in [5, 5.41) is 1.94. The van der Waals surface area contributed by atoms with E-state index in [1.807, 2.05) is 72.2 Å². The van der Waals surface area contributed by atoms with E-state index in [9.17, 15) is 0 Å². The number of hydrogen-bond acceptors (Lipinski definition) is 4. The standard InChI is InChI=1S/C37H22N4O3.Pt/c1-24-18-35(38-21-31(24)25-8-3-2-4-9-25)41-32-13-6-5-12-29(32)30-15-14-28(20-33(30)41)44-27-11-7-10-26(19-27)34-22-43-37-36-39(16-17-42-36)23-40(34)37;/h2-18,21-22H,1H3;/q-2;/i2D,3D,4D,8D,9D;. The molecular weight excluding hydrogens is 744 g/mol. The molecule has 0 atom stereocenters. The van der Waals surface area contributed by atoms with Crippen molar-refractivity contribution in [1.29, 1.82) is 0 Å². The molecule has 4 aromatic carbocycles. The Hall–Kier alpha value is -5.39. The van der Waals surface area contributed by atoms with Crippen molar-refractivity contribution in [2.24, 2.45) is 0 Å². The van der Waals surface area contributed by atoms with Gasteiger partial charge in [-0.05, 0) is 35.6 Å². The summed E-state index contributed by atoms with van der Waals surface area (Å²) in [6.45, 7) is 1.84. The monoisotopic (exact) mass is 770 g/mol. The second-order valence-electron chi connectivity index (χ2n) is 10.3. The van der Waals surface area contributed by atoms with Crippen LogP contribution in [0.1, 0.15) is 12.4 Å². The molecule has 0 saturated heterocycles. The average Bonchev–Trinajstić information content (AvgIpc) is 3.88. The third-order valence-electron chi connectivity index (χ3n) is 7.64. The van der Waals surface area contributed by atoms with Gasteiger partial charge in [0.05, 0.1) is 31.3 Å². The molecule has 0 aliphatic carbocycles. The summed E-state index contributed by atoms with van der Waals surface area (Å²) in [4.78, 5) is 4.75. The molecule has 0 fully saturated rings. The van der Waals surface area contributed by atoms with E-state index in [-0.39, 0.29) is 50.8 Å². The number of hydrogen-bond donors (Lipinski definition) is 0. The second kappa shape index (κ2) is 10.6. The first kappa shape index (κ1) is 22.2. The summed E-state index contributed by atoms with van der Waals surface area (Å²) >= 11 is 0. The molecule has 0 spiro atoms. The van der Waals surface area contributed by atoms with E-state index in [4.69, 9.17) is 25.4 Å². The minimum absolute atomic E-state index is 0. The Morgan fingerprint density at radius 3 is 2.69 bits per heavy atom. The normalized spacial score (nSPS) is 13.0. The Labute approximate surface area is 278 Å². The Morgan fingerprint density at radius 2 is 1.80 bits per heavy atom. The van der Waals surface area contributed by atoms with Gasteiger partial charge in [0, 0.05) is 49.8 Å². The summed E-state index contributed by atoms with van der Waals surface area (Å²) < 4.78 is 64.2. The van der Waals surface area contributed by atoms with Crippen LogP contribution in [-0.4, -0.2) is 14.0 Å². The van der Waals surface area contributed by atoms with Gasteiger partial charge in [-0.25, -0.2) is 4.98 Å². The molecule has 0 aliphatic rings. The topological polar surface area (TPSA) is 61.8 Å². The van der Waals surface area contributed by atoms with Crippen LogP contribution >= 0.6 is 0 Å². The van der Waals surface area contributed by atoms with E-state index < -0.39 is 6.04 Å². The quantitative estimate of drug-likeness (QED) is 0.131. The first-order valence-electron chi connectivity index (χ1n) is 16.3. The van der Waals surface area contributed by atoms with Gasteiger partial charge in [-0.3, -0.25) is 8.80 Å². The predicted molar refractivity (Wildman–Crippen MR) is 166 cm³/mol. The van der Waals surface area contributed by atoms with Crippen molar-refractivity contribution >= 4 is 33.2 Å². The number of aromatic nitrogens is 4. The maximum absolute atomic E-state index is 8.46. The van der Waals surface area contributed by atoms with Crippen LogP contribution in [0.25, 0.3) is 61.4 Å². The number of nitrogens with zero attached hydrogens (tertiary/aromatic N) is 4. The van der Waals surface area contributed by atoms with Crippen LogP contribution < -0.4 is 9.14 Å². The van der Waals surface area contributed by atoms with Crippen LogP contribution in [0, 0.1) is 25.4 Å². The fourth-order valence-corrected chi connectivity index (χ4v) is 5.63.